The van der Waals surface area contributed by atoms with Crippen molar-refractivity contribution >= 4 is 37.8 Å². The van der Waals surface area contributed by atoms with E-state index in [0.717, 1.165) is 4.31 Å². The number of H-pyrrole nitrogens is 2. The molecule has 10 heteroatoms. The Kier molecular flexibility index (Phi) is 5.22. The van der Waals surface area contributed by atoms with Crippen molar-refractivity contribution in [1.82, 2.24) is 14.3 Å². The van der Waals surface area contributed by atoms with E-state index >= 15 is 0 Å². The lowest BCUT2D eigenvalue weighted by molar-refractivity contribution is 0.0507. The number of ether oxygens (including phenoxy) is 1. The van der Waals surface area contributed by atoms with Crippen LogP contribution in [0.2, 0.25) is 0 Å². The van der Waals surface area contributed by atoms with Crippen molar-refractivity contribution in [2.75, 3.05) is 20.2 Å². The van der Waals surface area contributed by atoms with Gasteiger partial charge in [0, 0.05) is 29.5 Å². The van der Waals surface area contributed by atoms with Crippen LogP contribution in [0.25, 0.3) is 21.8 Å². The van der Waals surface area contributed by atoms with E-state index in [1.807, 2.05) is 6.92 Å². The lowest BCUT2D eigenvalue weighted by Gasteiger charge is -2.14. The maximum Gasteiger partial charge on any atom is 0.340 e. The maximum absolute atomic E-state index is 12.7. The molecule has 0 spiro atoms. The van der Waals surface area contributed by atoms with Crippen LogP contribution in [0, 0.1) is 11.3 Å². The summed E-state index contributed by atoms with van der Waals surface area (Å²) in [7, 11) is -2.61. The number of hydrogen-bond donors (Lipinski definition) is 2. The summed E-state index contributed by atoms with van der Waals surface area (Å²) in [5, 5.41) is 9.45. The molecule has 0 aliphatic rings. The van der Waals surface area contributed by atoms with Gasteiger partial charge in [-0.3, -0.25) is 4.79 Å². The summed E-state index contributed by atoms with van der Waals surface area (Å²) in [6, 6.07) is 5.96. The summed E-state index contributed by atoms with van der Waals surface area (Å²) in [4.78, 5) is 30.1. The lowest BCUT2D eigenvalue weighted by Crippen LogP contribution is -2.27. The molecular formula is C18H18N4O5S. The largest absolute Gasteiger partial charge is 0.462 e. The molecular weight excluding hydrogens is 384 g/mol. The van der Waals surface area contributed by atoms with Crippen molar-refractivity contribution in [3.8, 4) is 6.07 Å². The molecule has 0 saturated carbocycles. The number of sulfonamides is 1. The molecule has 1 aromatic carbocycles. The summed E-state index contributed by atoms with van der Waals surface area (Å²) in [6.45, 7) is 1.78. The Morgan fingerprint density at radius 1 is 1.36 bits per heavy atom. The number of nitrogens with zero attached hydrogens (tertiary/aromatic N) is 2. The number of nitriles is 1. The number of fused-ring (bicyclic) bond motifs is 3. The van der Waals surface area contributed by atoms with Crippen molar-refractivity contribution in [3.63, 3.8) is 0 Å². The number of esters is 1. The van der Waals surface area contributed by atoms with Crippen LogP contribution in [0.5, 0.6) is 0 Å². The first kappa shape index (κ1) is 19.6. The van der Waals surface area contributed by atoms with Gasteiger partial charge in [-0.05, 0) is 24.6 Å². The summed E-state index contributed by atoms with van der Waals surface area (Å²) >= 11 is 0. The van der Waals surface area contributed by atoms with Gasteiger partial charge in [0.2, 0.25) is 10.0 Å². The number of hydrogen-bond acceptors (Lipinski definition) is 6. The zero-order chi connectivity index (χ0) is 20.5. The molecule has 9 nitrogen and oxygen atoms in total. The van der Waals surface area contributed by atoms with Crippen molar-refractivity contribution in [2.24, 2.45) is 0 Å². The highest BCUT2D eigenvalue weighted by atomic mass is 32.2. The fourth-order valence-electron chi connectivity index (χ4n) is 2.86. The summed E-state index contributed by atoms with van der Waals surface area (Å²) in [5.74, 6) is -0.602. The third kappa shape index (κ3) is 3.26. The number of aromatic nitrogens is 2. The number of carbonyl (C=O) groups is 1. The Bertz CT molecular complexity index is 1270. The average molecular weight is 402 g/mol. The SMILES string of the molecule is CCCOC(=O)c1c[nH]c2c(=O)[nH]c3ccc(S(=O)(=O)N(C)CC#N)cc3c12. The van der Waals surface area contributed by atoms with Gasteiger partial charge >= 0.3 is 5.97 Å². The minimum absolute atomic E-state index is 0.0554. The van der Waals surface area contributed by atoms with E-state index in [-0.39, 0.29) is 29.1 Å². The standard InChI is InChI=1S/C18H18N4O5S/c1-3-8-27-18(24)13-10-20-16-15(13)12-9-11(4-5-14(12)21-17(16)23)28(25,26)22(2)7-6-19/h4-5,9-10,20H,3,7-8H2,1-2H3,(H,21,23). The number of carbonyl (C=O) groups excluding carboxylic acids is 1. The molecule has 2 aromatic heterocycles. The molecule has 28 heavy (non-hydrogen) atoms. The average Bonchev–Trinajstić information content (AvgIpc) is 3.12. The van der Waals surface area contributed by atoms with E-state index < -0.39 is 21.6 Å². The van der Waals surface area contributed by atoms with E-state index in [4.69, 9.17) is 10.00 Å². The Labute approximate surface area is 160 Å². The second-order valence-electron chi connectivity index (χ2n) is 6.17. The fraction of sp³-hybridized carbons (Fsp3) is 0.278. The molecule has 0 aliphatic carbocycles. The van der Waals surface area contributed by atoms with Crippen LogP contribution in [-0.2, 0) is 14.8 Å². The van der Waals surface area contributed by atoms with E-state index in [1.54, 1.807) is 6.07 Å². The second kappa shape index (κ2) is 7.46. The highest BCUT2D eigenvalue weighted by Gasteiger charge is 2.23. The molecule has 0 aliphatic heterocycles. The molecule has 0 atom stereocenters. The third-order valence-electron chi connectivity index (χ3n) is 4.27. The Morgan fingerprint density at radius 3 is 2.79 bits per heavy atom. The molecule has 2 N–H and O–H groups in total. The molecule has 0 unspecified atom stereocenters. The highest BCUT2D eigenvalue weighted by Crippen LogP contribution is 2.28. The Hall–Kier alpha value is -3.16. The normalized spacial score (nSPS) is 11.8. The van der Waals surface area contributed by atoms with Crippen molar-refractivity contribution in [1.29, 1.82) is 5.26 Å². The molecule has 0 radical (unpaired) electrons. The summed E-state index contributed by atoms with van der Waals surface area (Å²) in [6.07, 6.45) is 2.02. The predicted molar refractivity (Wildman–Crippen MR) is 102 cm³/mol. The first-order chi connectivity index (χ1) is 13.3. The van der Waals surface area contributed by atoms with Crippen molar-refractivity contribution in [3.05, 3.63) is 40.3 Å². The first-order valence-electron chi connectivity index (χ1n) is 8.48. The molecule has 2 heterocycles. The van der Waals surface area contributed by atoms with E-state index in [9.17, 15) is 18.0 Å². The van der Waals surface area contributed by atoms with Gasteiger partial charge in [-0.25, -0.2) is 13.2 Å². The van der Waals surface area contributed by atoms with Crippen molar-refractivity contribution in [2.45, 2.75) is 18.2 Å². The molecule has 0 amide bonds. The zero-order valence-corrected chi connectivity index (χ0v) is 16.1. The van der Waals surface area contributed by atoms with Gasteiger partial charge in [0.25, 0.3) is 5.56 Å². The van der Waals surface area contributed by atoms with Gasteiger partial charge in [0.1, 0.15) is 12.1 Å². The van der Waals surface area contributed by atoms with Gasteiger partial charge < -0.3 is 14.7 Å². The van der Waals surface area contributed by atoms with Crippen LogP contribution in [0.15, 0.2) is 34.1 Å². The lowest BCUT2D eigenvalue weighted by atomic mass is 10.1. The third-order valence-corrected chi connectivity index (χ3v) is 6.07. The summed E-state index contributed by atoms with van der Waals surface area (Å²) in [5.41, 5.74) is 0.244. The Morgan fingerprint density at radius 2 is 2.11 bits per heavy atom. The van der Waals surface area contributed by atoms with E-state index in [1.165, 1.54) is 31.4 Å². The minimum atomic E-state index is -3.91. The number of rotatable bonds is 6. The molecule has 3 rings (SSSR count). The van der Waals surface area contributed by atoms with Crippen LogP contribution in [-0.4, -0.2) is 48.9 Å². The molecule has 0 saturated heterocycles. The molecule has 0 bridgehead atoms. The zero-order valence-electron chi connectivity index (χ0n) is 15.3. The highest BCUT2D eigenvalue weighted by molar-refractivity contribution is 7.89. The smallest absolute Gasteiger partial charge is 0.340 e. The summed E-state index contributed by atoms with van der Waals surface area (Å²) < 4.78 is 31.4. The monoisotopic (exact) mass is 402 g/mol. The van der Waals surface area contributed by atoms with E-state index in [2.05, 4.69) is 9.97 Å². The van der Waals surface area contributed by atoms with Gasteiger partial charge in [-0.2, -0.15) is 9.57 Å². The van der Waals surface area contributed by atoms with Crippen LogP contribution in [0.3, 0.4) is 0 Å². The molecule has 146 valence electrons. The van der Waals surface area contributed by atoms with Gasteiger partial charge in [-0.15, -0.1) is 0 Å². The van der Waals surface area contributed by atoms with Gasteiger partial charge in [-0.1, -0.05) is 6.92 Å². The topological polar surface area (TPSA) is 136 Å². The fourth-order valence-corrected chi connectivity index (χ4v) is 3.96. The molecule has 0 fully saturated rings. The Balaban J connectivity index is 2.27. The van der Waals surface area contributed by atoms with E-state index in [0.29, 0.717) is 22.7 Å². The maximum atomic E-state index is 12.7. The van der Waals surface area contributed by atoms with Gasteiger partial charge in [0.15, 0.2) is 0 Å². The number of aromatic amines is 2. The predicted octanol–water partition coefficient (Wildman–Crippen LogP) is 1.72. The number of nitrogens with one attached hydrogen (secondary N) is 2. The van der Waals surface area contributed by atoms with Crippen LogP contribution in [0.1, 0.15) is 23.7 Å². The van der Waals surface area contributed by atoms with Crippen LogP contribution >= 0.6 is 0 Å². The first-order valence-corrected chi connectivity index (χ1v) is 9.92. The van der Waals surface area contributed by atoms with Gasteiger partial charge in [0.05, 0.1) is 23.1 Å². The molecule has 3 aromatic rings. The number of benzene rings is 1. The quantitative estimate of drug-likeness (QED) is 0.476. The minimum Gasteiger partial charge on any atom is -0.462 e. The van der Waals surface area contributed by atoms with Crippen molar-refractivity contribution < 1.29 is 17.9 Å². The number of pyridine rings is 1. The van der Waals surface area contributed by atoms with Crippen LogP contribution < -0.4 is 5.56 Å². The second-order valence-corrected chi connectivity index (χ2v) is 8.21. The van der Waals surface area contributed by atoms with Crippen LogP contribution in [0.4, 0.5) is 0 Å².